The second-order valence-corrected chi connectivity index (χ2v) is 8.45. The molecular formula is C27H24N2O4. The molecule has 2 heterocycles. The van der Waals surface area contributed by atoms with Crippen molar-refractivity contribution in [2.45, 2.75) is 31.9 Å². The highest BCUT2D eigenvalue weighted by Crippen LogP contribution is 2.31. The molecule has 166 valence electrons. The predicted octanol–water partition coefficient (Wildman–Crippen LogP) is 4.52. The van der Waals surface area contributed by atoms with E-state index in [9.17, 15) is 14.4 Å². The molecule has 0 unspecified atom stereocenters. The molecular weight excluding hydrogens is 416 g/mol. The fraction of sp³-hybridized carbons (Fsp3) is 0.222. The highest BCUT2D eigenvalue weighted by Gasteiger charge is 2.28. The molecule has 1 N–H and O–H groups in total. The molecule has 2 aliphatic rings. The van der Waals surface area contributed by atoms with Gasteiger partial charge in [0.15, 0.2) is 0 Å². The monoisotopic (exact) mass is 440 g/mol. The number of carbonyl (C=O) groups excluding carboxylic acids is 3. The van der Waals surface area contributed by atoms with E-state index in [1.807, 2.05) is 59.5 Å². The second-order valence-electron chi connectivity index (χ2n) is 8.45. The Balaban J connectivity index is 1.31. The molecule has 3 aromatic rings. The molecule has 0 radical (unpaired) electrons. The van der Waals surface area contributed by atoms with Gasteiger partial charge in [0.05, 0.1) is 5.56 Å². The minimum Gasteiger partial charge on any atom is -0.454 e. The van der Waals surface area contributed by atoms with Crippen LogP contribution >= 0.6 is 0 Å². The van der Waals surface area contributed by atoms with Gasteiger partial charge in [-0.25, -0.2) is 4.79 Å². The highest BCUT2D eigenvalue weighted by atomic mass is 16.5. The van der Waals surface area contributed by atoms with Gasteiger partial charge in [0, 0.05) is 37.2 Å². The van der Waals surface area contributed by atoms with Crippen LogP contribution < -0.4 is 5.32 Å². The number of hydrogen-bond donors (Lipinski definition) is 1. The molecule has 3 aromatic carbocycles. The van der Waals surface area contributed by atoms with Gasteiger partial charge in [-0.05, 0) is 53.4 Å². The number of nitrogens with zero attached hydrogens (tertiary/aromatic N) is 1. The van der Waals surface area contributed by atoms with E-state index in [4.69, 9.17) is 4.74 Å². The Hall–Kier alpha value is -3.93. The predicted molar refractivity (Wildman–Crippen MR) is 124 cm³/mol. The van der Waals surface area contributed by atoms with Gasteiger partial charge in [0.25, 0.3) is 5.91 Å². The van der Waals surface area contributed by atoms with Crippen molar-refractivity contribution in [1.82, 2.24) is 4.90 Å². The Kier molecular flexibility index (Phi) is 5.65. The van der Waals surface area contributed by atoms with Gasteiger partial charge in [-0.1, -0.05) is 42.5 Å². The van der Waals surface area contributed by atoms with Crippen LogP contribution in [0.2, 0.25) is 0 Å². The zero-order valence-corrected chi connectivity index (χ0v) is 18.1. The summed E-state index contributed by atoms with van der Waals surface area (Å²) in [6.45, 7) is 1.32. The smallest absolute Gasteiger partial charge is 0.339 e. The summed E-state index contributed by atoms with van der Waals surface area (Å²) in [6.07, 6.45) is 1.65. The number of rotatable bonds is 5. The lowest BCUT2D eigenvalue weighted by atomic mass is 9.93. The Labute approximate surface area is 192 Å². The van der Waals surface area contributed by atoms with Gasteiger partial charge < -0.3 is 15.0 Å². The molecule has 1 fully saturated rings. The molecule has 0 spiro atoms. The fourth-order valence-electron chi connectivity index (χ4n) is 4.43. The number of esters is 1. The lowest BCUT2D eigenvalue weighted by Gasteiger charge is -2.25. The first-order chi connectivity index (χ1) is 16.1. The lowest BCUT2D eigenvalue weighted by Crippen LogP contribution is -2.24. The molecule has 0 bridgehead atoms. The summed E-state index contributed by atoms with van der Waals surface area (Å²) in [5.74, 6) is -0.450. The van der Waals surface area contributed by atoms with Crippen LogP contribution in [0.25, 0.3) is 0 Å². The maximum Gasteiger partial charge on any atom is 0.339 e. The number of hydrogen-bond acceptors (Lipinski definition) is 4. The van der Waals surface area contributed by atoms with Gasteiger partial charge in [-0.15, -0.1) is 0 Å². The van der Waals surface area contributed by atoms with Crippen LogP contribution in [0.3, 0.4) is 0 Å². The quantitative estimate of drug-likeness (QED) is 0.592. The molecule has 0 saturated carbocycles. The molecule has 5 rings (SSSR count). The third-order valence-electron chi connectivity index (χ3n) is 6.14. The largest absolute Gasteiger partial charge is 0.454 e. The summed E-state index contributed by atoms with van der Waals surface area (Å²) in [6, 6.07) is 22.2. The molecule has 0 aromatic heterocycles. The van der Waals surface area contributed by atoms with Crippen molar-refractivity contribution in [2.24, 2.45) is 0 Å². The van der Waals surface area contributed by atoms with Crippen molar-refractivity contribution in [3.05, 3.63) is 101 Å². The van der Waals surface area contributed by atoms with Gasteiger partial charge in [-0.3, -0.25) is 9.59 Å². The Morgan fingerprint density at radius 1 is 1.00 bits per heavy atom. The van der Waals surface area contributed by atoms with Gasteiger partial charge in [0.1, 0.15) is 6.10 Å². The third-order valence-corrected chi connectivity index (χ3v) is 6.14. The first kappa shape index (κ1) is 20.9. The standard InChI is InChI=1S/C27H24N2O4/c30-25-10-5-13-29(25)17-18-6-4-9-22(14-18)28-26(31)20-11-12-23-21(15-20)16-24(33-27(23)32)19-7-2-1-3-8-19/h1-4,6-9,11-12,14-15,24H,5,10,13,16-17H2,(H,28,31)/t24-/m1/s1. The van der Waals surface area contributed by atoms with Crippen molar-refractivity contribution in [2.75, 3.05) is 11.9 Å². The van der Waals surface area contributed by atoms with E-state index in [-0.39, 0.29) is 23.9 Å². The van der Waals surface area contributed by atoms with Crippen LogP contribution in [0.4, 0.5) is 5.69 Å². The van der Waals surface area contributed by atoms with Crippen LogP contribution in [0.1, 0.15) is 56.4 Å². The van der Waals surface area contributed by atoms with E-state index in [2.05, 4.69) is 5.32 Å². The third kappa shape index (κ3) is 4.51. The SMILES string of the molecule is O=C(Nc1cccc(CN2CCCC2=O)c1)c1ccc2c(c1)C[C@H](c1ccccc1)OC2=O. The van der Waals surface area contributed by atoms with Crippen molar-refractivity contribution >= 4 is 23.5 Å². The van der Waals surface area contributed by atoms with Crippen LogP contribution in [-0.2, 0) is 22.5 Å². The number of nitrogens with one attached hydrogen (secondary N) is 1. The van der Waals surface area contributed by atoms with E-state index in [1.54, 1.807) is 18.2 Å². The fourth-order valence-corrected chi connectivity index (χ4v) is 4.43. The zero-order chi connectivity index (χ0) is 22.8. The Morgan fingerprint density at radius 3 is 2.64 bits per heavy atom. The van der Waals surface area contributed by atoms with E-state index >= 15 is 0 Å². The number of amides is 2. The van der Waals surface area contributed by atoms with Gasteiger partial charge >= 0.3 is 5.97 Å². The molecule has 2 amide bonds. The van der Waals surface area contributed by atoms with Crippen LogP contribution in [0.5, 0.6) is 0 Å². The summed E-state index contributed by atoms with van der Waals surface area (Å²) in [5, 5.41) is 2.94. The summed E-state index contributed by atoms with van der Waals surface area (Å²) >= 11 is 0. The number of anilines is 1. The summed E-state index contributed by atoms with van der Waals surface area (Å²) in [4.78, 5) is 39.2. The maximum absolute atomic E-state index is 12.9. The zero-order valence-electron chi connectivity index (χ0n) is 18.1. The van der Waals surface area contributed by atoms with Crippen molar-refractivity contribution in [1.29, 1.82) is 0 Å². The van der Waals surface area contributed by atoms with E-state index < -0.39 is 0 Å². The molecule has 0 aliphatic carbocycles. The second kappa shape index (κ2) is 8.90. The molecule has 1 saturated heterocycles. The minimum absolute atomic E-state index is 0.172. The number of ether oxygens (including phenoxy) is 1. The number of likely N-dealkylation sites (tertiary alicyclic amines) is 1. The molecule has 33 heavy (non-hydrogen) atoms. The number of fused-ring (bicyclic) bond motifs is 1. The number of carbonyl (C=O) groups is 3. The highest BCUT2D eigenvalue weighted by molar-refractivity contribution is 6.05. The first-order valence-electron chi connectivity index (χ1n) is 11.1. The van der Waals surface area contributed by atoms with Crippen LogP contribution in [0, 0.1) is 0 Å². The minimum atomic E-state index is -0.374. The van der Waals surface area contributed by atoms with Crippen LogP contribution in [-0.4, -0.2) is 29.2 Å². The molecule has 1 atom stereocenters. The topological polar surface area (TPSA) is 75.7 Å². The Morgan fingerprint density at radius 2 is 1.85 bits per heavy atom. The Bertz CT molecular complexity index is 1220. The molecule has 6 nitrogen and oxygen atoms in total. The average Bonchev–Trinajstić information content (AvgIpc) is 3.23. The number of cyclic esters (lactones) is 1. The summed E-state index contributed by atoms with van der Waals surface area (Å²) < 4.78 is 5.60. The van der Waals surface area contributed by atoms with E-state index in [1.165, 1.54) is 0 Å². The summed E-state index contributed by atoms with van der Waals surface area (Å²) in [5.41, 5.74) is 4.35. The van der Waals surface area contributed by atoms with Gasteiger partial charge in [0.2, 0.25) is 5.91 Å². The first-order valence-corrected chi connectivity index (χ1v) is 11.1. The van der Waals surface area contributed by atoms with Crippen molar-refractivity contribution in [3.8, 4) is 0 Å². The van der Waals surface area contributed by atoms with E-state index in [0.717, 1.165) is 29.7 Å². The van der Waals surface area contributed by atoms with Crippen LogP contribution in [0.15, 0.2) is 72.8 Å². The lowest BCUT2D eigenvalue weighted by molar-refractivity contribution is -0.128. The van der Waals surface area contributed by atoms with E-state index in [0.29, 0.717) is 36.2 Å². The normalized spacial score (nSPS) is 17.5. The van der Waals surface area contributed by atoms with Crippen molar-refractivity contribution < 1.29 is 19.1 Å². The molecule has 6 heteroatoms. The van der Waals surface area contributed by atoms with Crippen molar-refractivity contribution in [3.63, 3.8) is 0 Å². The average molecular weight is 440 g/mol. The molecule has 2 aliphatic heterocycles. The van der Waals surface area contributed by atoms with Gasteiger partial charge in [-0.2, -0.15) is 0 Å². The summed E-state index contributed by atoms with van der Waals surface area (Å²) in [7, 11) is 0. The maximum atomic E-state index is 12.9. The number of benzene rings is 3.